The first-order chi connectivity index (χ1) is 14.9. The van der Waals surface area contributed by atoms with Crippen LogP contribution < -0.4 is 10.1 Å². The van der Waals surface area contributed by atoms with Crippen molar-refractivity contribution in [3.8, 4) is 5.75 Å². The van der Waals surface area contributed by atoms with Gasteiger partial charge in [-0.3, -0.25) is 9.36 Å². The topological polar surface area (TPSA) is 69.0 Å². The van der Waals surface area contributed by atoms with Gasteiger partial charge in [-0.2, -0.15) is 0 Å². The van der Waals surface area contributed by atoms with Gasteiger partial charge in [0, 0.05) is 17.3 Å². The van der Waals surface area contributed by atoms with Crippen LogP contribution in [0.1, 0.15) is 30.0 Å². The van der Waals surface area contributed by atoms with Crippen molar-refractivity contribution < 1.29 is 9.53 Å². The highest BCUT2D eigenvalue weighted by molar-refractivity contribution is 7.99. The third kappa shape index (κ3) is 5.89. The summed E-state index contributed by atoms with van der Waals surface area (Å²) in [6, 6.07) is 13.1. The molecule has 0 saturated carbocycles. The molecule has 0 spiro atoms. The maximum atomic E-state index is 12.5. The zero-order chi connectivity index (χ0) is 22.4. The number of carbonyl (C=O) groups excluding carboxylic acids is 1. The van der Waals surface area contributed by atoms with E-state index in [4.69, 9.17) is 16.3 Å². The Balaban J connectivity index is 1.68. The Bertz CT molecular complexity index is 1080. The predicted molar refractivity (Wildman–Crippen MR) is 126 cm³/mol. The van der Waals surface area contributed by atoms with E-state index in [1.807, 2.05) is 55.7 Å². The summed E-state index contributed by atoms with van der Waals surface area (Å²) in [4.78, 5) is 12.5. The Morgan fingerprint density at radius 2 is 2.06 bits per heavy atom. The number of hydrogen-bond donors (Lipinski definition) is 1. The minimum absolute atomic E-state index is 0.100. The van der Waals surface area contributed by atoms with Crippen LogP contribution in [0, 0.1) is 13.8 Å². The molecule has 3 rings (SSSR count). The van der Waals surface area contributed by atoms with Crippen LogP contribution in [-0.2, 0) is 11.3 Å². The van der Waals surface area contributed by atoms with Crippen molar-refractivity contribution in [2.45, 2.75) is 38.6 Å². The van der Waals surface area contributed by atoms with Crippen LogP contribution in [0.3, 0.4) is 0 Å². The smallest absolute Gasteiger partial charge is 0.234 e. The minimum Gasteiger partial charge on any atom is -0.483 e. The zero-order valence-corrected chi connectivity index (χ0v) is 19.3. The highest BCUT2D eigenvalue weighted by atomic mass is 35.5. The fraction of sp³-hybridized carbons (Fsp3) is 0.261. The standard InChI is InChI=1S/C23H25ClN4O2S/c1-5-12-28-22(17(4)30-19-10-7-9-18(24)13-19)26-27-23(28)31-14-21(29)25-20-11-6-8-15(2)16(20)3/h5-11,13,17H,1,12,14H2,2-4H3,(H,25,29). The van der Waals surface area contributed by atoms with E-state index < -0.39 is 0 Å². The quantitative estimate of drug-likeness (QED) is 0.335. The SMILES string of the molecule is C=CCn1c(SCC(=O)Nc2cccc(C)c2C)nnc1C(C)Oc1cccc(Cl)c1. The molecule has 162 valence electrons. The second-order valence-corrected chi connectivity index (χ2v) is 8.42. The number of benzene rings is 2. The maximum absolute atomic E-state index is 12.5. The molecule has 1 atom stereocenters. The Hall–Kier alpha value is -2.77. The van der Waals surface area contributed by atoms with E-state index in [9.17, 15) is 4.79 Å². The fourth-order valence-electron chi connectivity index (χ4n) is 3.01. The molecule has 0 aliphatic rings. The summed E-state index contributed by atoms with van der Waals surface area (Å²) in [6.07, 6.45) is 1.41. The van der Waals surface area contributed by atoms with Gasteiger partial charge in [0.15, 0.2) is 17.1 Å². The lowest BCUT2D eigenvalue weighted by atomic mass is 10.1. The van der Waals surface area contributed by atoms with Gasteiger partial charge in [0.2, 0.25) is 5.91 Å². The number of rotatable bonds is 9. The van der Waals surface area contributed by atoms with E-state index in [0.29, 0.717) is 28.3 Å². The summed E-state index contributed by atoms with van der Waals surface area (Å²) in [6.45, 7) is 10.2. The highest BCUT2D eigenvalue weighted by Gasteiger charge is 2.20. The largest absolute Gasteiger partial charge is 0.483 e. The molecule has 0 aliphatic heterocycles. The molecule has 0 radical (unpaired) electrons. The number of ether oxygens (including phenoxy) is 1. The molecule has 1 aromatic heterocycles. The van der Waals surface area contributed by atoms with Gasteiger partial charge in [-0.1, -0.05) is 47.6 Å². The number of aromatic nitrogens is 3. The molecule has 8 heteroatoms. The first kappa shape index (κ1) is 22.9. The second-order valence-electron chi connectivity index (χ2n) is 7.04. The molecule has 1 amide bonds. The molecule has 0 aliphatic carbocycles. The monoisotopic (exact) mass is 456 g/mol. The van der Waals surface area contributed by atoms with Crippen LogP contribution in [0.4, 0.5) is 5.69 Å². The first-order valence-electron chi connectivity index (χ1n) is 9.84. The van der Waals surface area contributed by atoms with Crippen LogP contribution in [0.2, 0.25) is 5.02 Å². The average molecular weight is 457 g/mol. The third-order valence-electron chi connectivity index (χ3n) is 4.74. The van der Waals surface area contributed by atoms with Crippen molar-refractivity contribution in [2.24, 2.45) is 0 Å². The van der Waals surface area contributed by atoms with E-state index in [2.05, 4.69) is 22.1 Å². The van der Waals surface area contributed by atoms with Gasteiger partial charge < -0.3 is 10.1 Å². The summed E-state index contributed by atoms with van der Waals surface area (Å²) >= 11 is 7.36. The van der Waals surface area contributed by atoms with Gasteiger partial charge in [0.25, 0.3) is 0 Å². The fourth-order valence-corrected chi connectivity index (χ4v) is 3.94. The highest BCUT2D eigenvalue weighted by Crippen LogP contribution is 2.26. The van der Waals surface area contributed by atoms with Gasteiger partial charge >= 0.3 is 0 Å². The summed E-state index contributed by atoms with van der Waals surface area (Å²) in [5.74, 6) is 1.41. The second kappa shape index (κ2) is 10.5. The predicted octanol–water partition coefficient (Wildman–Crippen LogP) is 5.61. The number of amides is 1. The first-order valence-corrected chi connectivity index (χ1v) is 11.2. The van der Waals surface area contributed by atoms with E-state index >= 15 is 0 Å². The number of nitrogens with zero attached hydrogens (tertiary/aromatic N) is 3. The zero-order valence-electron chi connectivity index (χ0n) is 17.8. The van der Waals surface area contributed by atoms with Gasteiger partial charge in [0.1, 0.15) is 5.75 Å². The molecule has 6 nitrogen and oxygen atoms in total. The van der Waals surface area contributed by atoms with Crippen LogP contribution in [0.5, 0.6) is 5.75 Å². The molecular weight excluding hydrogens is 432 g/mol. The molecule has 31 heavy (non-hydrogen) atoms. The van der Waals surface area contributed by atoms with Crippen molar-refractivity contribution in [2.75, 3.05) is 11.1 Å². The normalized spacial score (nSPS) is 11.7. The number of hydrogen-bond acceptors (Lipinski definition) is 5. The Morgan fingerprint density at radius 3 is 2.81 bits per heavy atom. The van der Waals surface area contributed by atoms with E-state index in [-0.39, 0.29) is 17.8 Å². The Kier molecular flexibility index (Phi) is 7.76. The molecule has 2 aromatic carbocycles. The van der Waals surface area contributed by atoms with Crippen LogP contribution >= 0.6 is 23.4 Å². The summed E-state index contributed by atoms with van der Waals surface area (Å²) in [5.41, 5.74) is 3.02. The third-order valence-corrected chi connectivity index (χ3v) is 5.94. The molecule has 1 heterocycles. The molecule has 0 bridgehead atoms. The number of anilines is 1. The number of thioether (sulfide) groups is 1. The summed E-state index contributed by atoms with van der Waals surface area (Å²) < 4.78 is 7.88. The minimum atomic E-state index is -0.357. The number of allylic oxidation sites excluding steroid dienone is 1. The van der Waals surface area contributed by atoms with Gasteiger partial charge in [-0.25, -0.2) is 0 Å². The maximum Gasteiger partial charge on any atom is 0.234 e. The Labute approximate surface area is 191 Å². The van der Waals surface area contributed by atoms with Gasteiger partial charge in [0.05, 0.1) is 5.75 Å². The number of nitrogens with one attached hydrogen (secondary N) is 1. The molecular formula is C23H25ClN4O2S. The lowest BCUT2D eigenvalue weighted by molar-refractivity contribution is -0.113. The van der Waals surface area contributed by atoms with Crippen molar-refractivity contribution in [3.05, 3.63) is 77.1 Å². The van der Waals surface area contributed by atoms with Gasteiger partial charge in [-0.05, 0) is 56.2 Å². The van der Waals surface area contributed by atoms with Crippen molar-refractivity contribution in [1.82, 2.24) is 14.8 Å². The molecule has 1 unspecified atom stereocenters. The van der Waals surface area contributed by atoms with Crippen molar-refractivity contribution >= 4 is 35.0 Å². The molecule has 0 fully saturated rings. The van der Waals surface area contributed by atoms with Crippen LogP contribution in [0.25, 0.3) is 0 Å². The van der Waals surface area contributed by atoms with Crippen LogP contribution in [-0.4, -0.2) is 26.4 Å². The number of aryl methyl sites for hydroxylation is 1. The van der Waals surface area contributed by atoms with Crippen LogP contribution in [0.15, 0.2) is 60.3 Å². The van der Waals surface area contributed by atoms with E-state index in [1.165, 1.54) is 11.8 Å². The molecule has 3 aromatic rings. The number of halogens is 1. The van der Waals surface area contributed by atoms with Gasteiger partial charge in [-0.15, -0.1) is 16.8 Å². The lowest BCUT2D eigenvalue weighted by Crippen LogP contribution is -2.16. The van der Waals surface area contributed by atoms with Crippen molar-refractivity contribution in [1.29, 1.82) is 0 Å². The average Bonchev–Trinajstić information content (AvgIpc) is 3.13. The molecule has 0 saturated heterocycles. The summed E-state index contributed by atoms with van der Waals surface area (Å²) in [5, 5.41) is 12.8. The summed E-state index contributed by atoms with van der Waals surface area (Å²) in [7, 11) is 0. The van der Waals surface area contributed by atoms with E-state index in [0.717, 1.165) is 16.8 Å². The lowest BCUT2D eigenvalue weighted by Gasteiger charge is -2.16. The van der Waals surface area contributed by atoms with Crippen molar-refractivity contribution in [3.63, 3.8) is 0 Å². The molecule has 1 N–H and O–H groups in total. The van der Waals surface area contributed by atoms with E-state index in [1.54, 1.807) is 18.2 Å². The Morgan fingerprint density at radius 1 is 1.29 bits per heavy atom. The number of carbonyl (C=O) groups is 1.